The van der Waals surface area contributed by atoms with Crippen LogP contribution in [0.1, 0.15) is 12.0 Å². The van der Waals surface area contributed by atoms with Crippen molar-refractivity contribution in [1.82, 2.24) is 0 Å². The average molecular weight is 362 g/mol. The number of halogens is 3. The maximum Gasteiger partial charge on any atom is 0.200 e. The van der Waals surface area contributed by atoms with Crippen LogP contribution in [0.2, 0.25) is 0 Å². The molecule has 1 rings (SSSR count). The van der Waals surface area contributed by atoms with Crippen molar-refractivity contribution in [2.24, 2.45) is 0 Å². The van der Waals surface area contributed by atoms with E-state index in [0.29, 0.717) is 24.0 Å². The molecule has 0 aromatic heterocycles. The summed E-state index contributed by atoms with van der Waals surface area (Å²) in [5.41, 5.74) is 1.31. The number of allylic oxidation sites excluding steroid dienone is 7. The molecule has 0 saturated carbocycles. The van der Waals surface area contributed by atoms with E-state index in [9.17, 15) is 13.2 Å². The van der Waals surface area contributed by atoms with Crippen LogP contribution in [-0.2, 0) is 11.2 Å². The number of methoxy groups -OCH3 is 1. The number of benzene rings is 1. The van der Waals surface area contributed by atoms with Crippen molar-refractivity contribution in [3.8, 4) is 5.75 Å². The summed E-state index contributed by atoms with van der Waals surface area (Å²) in [5, 5.41) is 9.16. The number of phenolic OH excluding ortho intramolecular Hbond substituents is 1. The lowest BCUT2D eigenvalue weighted by Gasteiger charge is -2.07. The molecular formula is C21H21F3O2. The summed E-state index contributed by atoms with van der Waals surface area (Å²) in [6, 6.07) is 4.15. The maximum absolute atomic E-state index is 13.9. The van der Waals surface area contributed by atoms with Crippen molar-refractivity contribution in [1.29, 1.82) is 0 Å². The van der Waals surface area contributed by atoms with Gasteiger partial charge in [-0.25, -0.2) is 8.78 Å². The molecule has 0 bridgehead atoms. The van der Waals surface area contributed by atoms with Crippen LogP contribution in [0.4, 0.5) is 13.2 Å². The summed E-state index contributed by atoms with van der Waals surface area (Å²) in [4.78, 5) is 0. The van der Waals surface area contributed by atoms with Gasteiger partial charge in [-0.3, -0.25) is 0 Å². The number of aromatic hydroxyl groups is 1. The predicted molar refractivity (Wildman–Crippen MR) is 98.3 cm³/mol. The van der Waals surface area contributed by atoms with Gasteiger partial charge < -0.3 is 9.84 Å². The average Bonchev–Trinajstić information content (AvgIpc) is 2.64. The molecule has 2 nitrogen and oxygen atoms in total. The zero-order valence-electron chi connectivity index (χ0n) is 14.6. The molecule has 0 radical (unpaired) electrons. The van der Waals surface area contributed by atoms with E-state index in [1.54, 1.807) is 12.1 Å². The Morgan fingerprint density at radius 3 is 2.35 bits per heavy atom. The summed E-state index contributed by atoms with van der Waals surface area (Å²) in [6.45, 7) is 14.2. The van der Waals surface area contributed by atoms with Crippen molar-refractivity contribution in [3.05, 3.63) is 102 Å². The van der Waals surface area contributed by atoms with Crippen LogP contribution in [0.15, 0.2) is 90.8 Å². The Morgan fingerprint density at radius 2 is 1.77 bits per heavy atom. The summed E-state index contributed by atoms with van der Waals surface area (Å²) in [5.74, 6) is -3.96. The highest BCUT2D eigenvalue weighted by Crippen LogP contribution is 2.27. The van der Waals surface area contributed by atoms with E-state index in [-0.39, 0.29) is 11.1 Å². The maximum atomic E-state index is 13.9. The summed E-state index contributed by atoms with van der Waals surface area (Å²) in [7, 11) is 1.18. The normalized spacial score (nSPS) is 11.8. The third kappa shape index (κ3) is 5.84. The fourth-order valence-electron chi connectivity index (χ4n) is 1.90. The quantitative estimate of drug-likeness (QED) is 0.431. The van der Waals surface area contributed by atoms with Crippen molar-refractivity contribution in [2.45, 2.75) is 12.8 Å². The molecule has 0 saturated heterocycles. The molecule has 1 aromatic rings. The van der Waals surface area contributed by atoms with Gasteiger partial charge >= 0.3 is 0 Å². The van der Waals surface area contributed by atoms with E-state index in [4.69, 9.17) is 5.11 Å². The van der Waals surface area contributed by atoms with Gasteiger partial charge in [-0.05, 0) is 36.1 Å². The number of phenols is 1. The van der Waals surface area contributed by atoms with Gasteiger partial charge in [-0.1, -0.05) is 50.1 Å². The minimum atomic E-state index is -1.24. The minimum absolute atomic E-state index is 0.165. The van der Waals surface area contributed by atoms with Gasteiger partial charge in [0.25, 0.3) is 0 Å². The smallest absolute Gasteiger partial charge is 0.200 e. The molecule has 5 heteroatoms. The fraction of sp³-hybridized carbons (Fsp3) is 0.143. The third-order valence-electron chi connectivity index (χ3n) is 3.60. The van der Waals surface area contributed by atoms with E-state index < -0.39 is 29.0 Å². The van der Waals surface area contributed by atoms with Crippen LogP contribution in [0.25, 0.3) is 0 Å². The van der Waals surface area contributed by atoms with Gasteiger partial charge in [0.15, 0.2) is 17.4 Å². The van der Waals surface area contributed by atoms with E-state index in [1.807, 2.05) is 0 Å². The number of rotatable bonds is 9. The molecule has 0 aliphatic carbocycles. The van der Waals surface area contributed by atoms with Gasteiger partial charge in [0.05, 0.1) is 7.11 Å². The van der Waals surface area contributed by atoms with Crippen molar-refractivity contribution in [3.63, 3.8) is 0 Å². The number of hydrogen-bond acceptors (Lipinski definition) is 2. The van der Waals surface area contributed by atoms with Gasteiger partial charge in [-0.2, -0.15) is 4.39 Å². The predicted octanol–water partition coefficient (Wildman–Crippen LogP) is 6.00. The second-order valence-corrected chi connectivity index (χ2v) is 5.54. The first-order valence-electron chi connectivity index (χ1n) is 7.67. The topological polar surface area (TPSA) is 29.5 Å². The van der Waals surface area contributed by atoms with Crippen LogP contribution in [0.5, 0.6) is 5.75 Å². The highest BCUT2D eigenvalue weighted by Gasteiger charge is 2.14. The zero-order chi connectivity index (χ0) is 19.9. The Labute approximate surface area is 151 Å². The van der Waals surface area contributed by atoms with Gasteiger partial charge in [0, 0.05) is 5.57 Å². The van der Waals surface area contributed by atoms with Crippen LogP contribution < -0.4 is 0 Å². The van der Waals surface area contributed by atoms with Gasteiger partial charge in [0.2, 0.25) is 5.83 Å². The Hall–Kier alpha value is -2.95. The summed E-state index contributed by atoms with van der Waals surface area (Å²) in [6.07, 6.45) is 4.07. The summed E-state index contributed by atoms with van der Waals surface area (Å²) >= 11 is 0. The first kappa shape index (κ1) is 21.1. The van der Waals surface area contributed by atoms with Crippen molar-refractivity contribution in [2.75, 3.05) is 7.11 Å². The van der Waals surface area contributed by atoms with E-state index in [0.717, 1.165) is 0 Å². The molecule has 0 fully saturated rings. The molecule has 0 aliphatic heterocycles. The molecule has 26 heavy (non-hydrogen) atoms. The number of ether oxygens (including phenoxy) is 1. The molecule has 1 aromatic carbocycles. The minimum Gasteiger partial charge on any atom is -0.505 e. The Kier molecular flexibility index (Phi) is 7.72. The summed E-state index contributed by atoms with van der Waals surface area (Å²) < 4.78 is 45.4. The molecule has 0 atom stereocenters. The molecule has 0 aliphatic rings. The van der Waals surface area contributed by atoms with Crippen LogP contribution in [0, 0.1) is 5.82 Å². The van der Waals surface area contributed by atoms with Crippen LogP contribution >= 0.6 is 0 Å². The van der Waals surface area contributed by atoms with E-state index >= 15 is 0 Å². The Bertz CT molecular complexity index is 801. The van der Waals surface area contributed by atoms with Crippen molar-refractivity contribution < 1.29 is 23.0 Å². The second kappa shape index (κ2) is 9.51. The first-order valence-corrected chi connectivity index (χ1v) is 7.67. The lowest BCUT2D eigenvalue weighted by molar-refractivity contribution is 0.281. The first-order chi connectivity index (χ1) is 12.2. The highest BCUT2D eigenvalue weighted by atomic mass is 19.2. The lowest BCUT2D eigenvalue weighted by atomic mass is 10.0. The van der Waals surface area contributed by atoms with Crippen molar-refractivity contribution >= 4 is 0 Å². The molecule has 0 spiro atoms. The lowest BCUT2D eigenvalue weighted by Crippen LogP contribution is -1.93. The second-order valence-electron chi connectivity index (χ2n) is 5.54. The number of aryl methyl sites for hydroxylation is 1. The highest BCUT2D eigenvalue weighted by molar-refractivity contribution is 5.49. The molecule has 1 N–H and O–H groups in total. The van der Waals surface area contributed by atoms with Gasteiger partial charge in [-0.15, -0.1) is 0 Å². The van der Waals surface area contributed by atoms with Crippen LogP contribution in [-0.4, -0.2) is 12.2 Å². The molecular weight excluding hydrogens is 341 g/mol. The molecule has 138 valence electrons. The standard InChI is InChI=1S/C21H21F3O2/c1-13(7-9-17-10-11-19(25)18(22)12-17)6-8-14(2)15(3)20(23)21(24)16(4)26-5/h6,8,10-12,25H,1-4,7,9H2,5H3/b8-6-,21-20-. The Morgan fingerprint density at radius 1 is 1.12 bits per heavy atom. The molecule has 0 heterocycles. The molecule has 0 unspecified atom stereocenters. The van der Waals surface area contributed by atoms with Crippen LogP contribution in [0.3, 0.4) is 0 Å². The number of hydrogen-bond donors (Lipinski definition) is 1. The Balaban J connectivity index is 2.66. The van der Waals surface area contributed by atoms with E-state index in [2.05, 4.69) is 31.1 Å². The monoisotopic (exact) mass is 362 g/mol. The largest absolute Gasteiger partial charge is 0.505 e. The van der Waals surface area contributed by atoms with E-state index in [1.165, 1.54) is 25.3 Å². The SMILES string of the molecule is C=C(/C=C\C(=C)C(=C)/C(F)=C(/F)C(=C)OC)CCc1ccc(O)c(F)c1. The van der Waals surface area contributed by atoms with Gasteiger partial charge in [0.1, 0.15) is 5.76 Å². The fourth-order valence-corrected chi connectivity index (χ4v) is 1.90. The zero-order valence-corrected chi connectivity index (χ0v) is 14.6. The molecule has 0 amide bonds. The third-order valence-corrected chi connectivity index (χ3v) is 3.60.